The van der Waals surface area contributed by atoms with E-state index in [4.69, 9.17) is 0 Å². The van der Waals surface area contributed by atoms with Crippen molar-refractivity contribution in [2.24, 2.45) is 0 Å². The largest absolute Gasteiger partial charge is 0.340 e. The second-order valence-corrected chi connectivity index (χ2v) is 6.66. The van der Waals surface area contributed by atoms with Gasteiger partial charge in [0.1, 0.15) is 0 Å². The van der Waals surface area contributed by atoms with Crippen molar-refractivity contribution in [3.63, 3.8) is 0 Å². The van der Waals surface area contributed by atoms with Crippen molar-refractivity contribution in [2.75, 3.05) is 7.05 Å². The number of nitrogens with zero attached hydrogens (tertiary/aromatic N) is 4. The minimum atomic E-state index is -0.226. The predicted octanol–water partition coefficient (Wildman–Crippen LogP) is 2.87. The van der Waals surface area contributed by atoms with Crippen LogP contribution in [-0.2, 0) is 11.3 Å². The maximum Gasteiger partial charge on any atom is 0.235 e. The fourth-order valence-electron chi connectivity index (χ4n) is 2.35. The van der Waals surface area contributed by atoms with Gasteiger partial charge in [0.05, 0.1) is 5.25 Å². The Kier molecular flexibility index (Phi) is 4.62. The Morgan fingerprint density at radius 2 is 1.91 bits per heavy atom. The molecular weight excluding hydrogens is 308 g/mol. The molecule has 0 N–H and O–H groups in total. The van der Waals surface area contributed by atoms with Gasteiger partial charge in [0.15, 0.2) is 10.8 Å². The highest BCUT2D eigenvalue weighted by atomic mass is 32.2. The van der Waals surface area contributed by atoms with E-state index in [9.17, 15) is 4.79 Å². The number of pyridine rings is 1. The molecule has 3 rings (SSSR count). The van der Waals surface area contributed by atoms with E-state index in [2.05, 4.69) is 10.2 Å². The molecule has 0 aliphatic carbocycles. The Hall–Kier alpha value is -2.34. The minimum Gasteiger partial charge on any atom is -0.340 e. The summed E-state index contributed by atoms with van der Waals surface area (Å²) in [5, 5.41) is 8.78. The average molecular weight is 326 g/mol. The van der Waals surface area contributed by atoms with Crippen LogP contribution in [0.2, 0.25) is 0 Å². The number of benzene rings is 1. The summed E-state index contributed by atoms with van der Waals surface area (Å²) in [6.07, 6.45) is 1.91. The molecule has 5 nitrogen and oxygen atoms in total. The quantitative estimate of drug-likeness (QED) is 0.677. The lowest BCUT2D eigenvalue weighted by molar-refractivity contribution is -0.129. The smallest absolute Gasteiger partial charge is 0.235 e. The number of aromatic nitrogens is 3. The lowest BCUT2D eigenvalue weighted by Crippen LogP contribution is -2.32. The zero-order valence-corrected chi connectivity index (χ0v) is 13.9. The molecule has 0 aliphatic heterocycles. The molecule has 0 fully saturated rings. The van der Waals surface area contributed by atoms with Crippen LogP contribution in [-0.4, -0.2) is 37.7 Å². The van der Waals surface area contributed by atoms with E-state index >= 15 is 0 Å². The molecule has 0 saturated heterocycles. The summed E-state index contributed by atoms with van der Waals surface area (Å²) in [6, 6.07) is 15.7. The van der Waals surface area contributed by atoms with E-state index in [1.54, 1.807) is 4.90 Å². The fourth-order valence-corrected chi connectivity index (χ4v) is 3.31. The van der Waals surface area contributed by atoms with E-state index in [0.717, 1.165) is 16.4 Å². The Balaban J connectivity index is 1.67. The lowest BCUT2D eigenvalue weighted by Gasteiger charge is -2.20. The molecule has 23 heavy (non-hydrogen) atoms. The number of thioether (sulfide) groups is 1. The van der Waals surface area contributed by atoms with Crippen molar-refractivity contribution in [1.29, 1.82) is 0 Å². The molecular formula is C17H18N4OS. The first kappa shape index (κ1) is 15.6. The topological polar surface area (TPSA) is 50.5 Å². The Morgan fingerprint density at radius 3 is 2.70 bits per heavy atom. The second-order valence-electron chi connectivity index (χ2n) is 5.35. The number of carbonyl (C=O) groups excluding carboxylic acids is 1. The van der Waals surface area contributed by atoms with Crippen LogP contribution in [0, 0.1) is 0 Å². The molecule has 118 valence electrons. The molecule has 0 radical (unpaired) electrons. The molecule has 0 unspecified atom stereocenters. The van der Waals surface area contributed by atoms with Gasteiger partial charge in [0.2, 0.25) is 5.91 Å². The maximum atomic E-state index is 12.6. The number of hydrogen-bond donors (Lipinski definition) is 0. The first-order chi connectivity index (χ1) is 11.1. The molecule has 2 heterocycles. The highest BCUT2D eigenvalue weighted by Gasteiger charge is 2.21. The van der Waals surface area contributed by atoms with Gasteiger partial charge in [-0.2, -0.15) is 0 Å². The molecule has 1 aromatic carbocycles. The monoisotopic (exact) mass is 326 g/mol. The van der Waals surface area contributed by atoms with E-state index in [1.165, 1.54) is 11.8 Å². The molecule has 6 heteroatoms. The first-order valence-electron chi connectivity index (χ1n) is 7.40. The van der Waals surface area contributed by atoms with Crippen LogP contribution in [0.1, 0.15) is 12.5 Å². The lowest BCUT2D eigenvalue weighted by atomic mass is 10.2. The van der Waals surface area contributed by atoms with Crippen LogP contribution in [0.3, 0.4) is 0 Å². The van der Waals surface area contributed by atoms with Crippen LogP contribution in [0.25, 0.3) is 5.65 Å². The Labute approximate surface area is 139 Å². The number of fused-ring (bicyclic) bond motifs is 1. The second kappa shape index (κ2) is 6.83. The Bertz CT molecular complexity index is 802. The number of hydrogen-bond acceptors (Lipinski definition) is 4. The van der Waals surface area contributed by atoms with Crippen LogP contribution in [0.5, 0.6) is 0 Å². The molecule has 1 atom stereocenters. The van der Waals surface area contributed by atoms with Crippen molar-refractivity contribution in [1.82, 2.24) is 19.5 Å². The normalized spacial score (nSPS) is 12.3. The van der Waals surface area contributed by atoms with E-state index in [-0.39, 0.29) is 11.2 Å². The SMILES string of the molecule is C[C@@H](Sc1nnc2ccccn12)C(=O)N(C)Cc1ccccc1. The molecule has 1 amide bonds. The van der Waals surface area contributed by atoms with Crippen molar-refractivity contribution >= 4 is 23.3 Å². The highest BCUT2D eigenvalue weighted by molar-refractivity contribution is 8.00. The van der Waals surface area contributed by atoms with Crippen molar-refractivity contribution in [3.8, 4) is 0 Å². The van der Waals surface area contributed by atoms with Gasteiger partial charge in [-0.05, 0) is 24.6 Å². The van der Waals surface area contributed by atoms with Crippen molar-refractivity contribution < 1.29 is 4.79 Å². The van der Waals surface area contributed by atoms with E-state index in [0.29, 0.717) is 6.54 Å². The first-order valence-corrected chi connectivity index (χ1v) is 8.28. The molecule has 0 bridgehead atoms. The number of carbonyl (C=O) groups is 1. The third-order valence-corrected chi connectivity index (χ3v) is 4.60. The maximum absolute atomic E-state index is 12.6. The van der Waals surface area contributed by atoms with Gasteiger partial charge in [-0.15, -0.1) is 10.2 Å². The third kappa shape index (κ3) is 3.53. The average Bonchev–Trinajstić information content (AvgIpc) is 2.98. The summed E-state index contributed by atoms with van der Waals surface area (Å²) >= 11 is 1.42. The van der Waals surface area contributed by atoms with Crippen LogP contribution < -0.4 is 0 Å². The van der Waals surface area contributed by atoms with Gasteiger partial charge in [0.25, 0.3) is 0 Å². The predicted molar refractivity (Wildman–Crippen MR) is 91.2 cm³/mol. The highest BCUT2D eigenvalue weighted by Crippen LogP contribution is 2.23. The minimum absolute atomic E-state index is 0.0755. The van der Waals surface area contributed by atoms with Gasteiger partial charge in [-0.25, -0.2) is 0 Å². The summed E-state index contributed by atoms with van der Waals surface area (Å²) in [4.78, 5) is 14.3. The Morgan fingerprint density at radius 1 is 1.17 bits per heavy atom. The standard InChI is InChI=1S/C17H18N4OS/c1-13(16(22)20(2)12-14-8-4-3-5-9-14)23-17-19-18-15-10-6-7-11-21(15)17/h3-11,13H,12H2,1-2H3/t13-/m1/s1. The fraction of sp³-hybridized carbons (Fsp3) is 0.235. The summed E-state index contributed by atoms with van der Waals surface area (Å²) < 4.78 is 1.89. The van der Waals surface area contributed by atoms with Gasteiger partial charge in [-0.3, -0.25) is 9.20 Å². The summed E-state index contributed by atoms with van der Waals surface area (Å²) in [5.41, 5.74) is 1.90. The van der Waals surface area contributed by atoms with Gasteiger partial charge in [-0.1, -0.05) is 48.2 Å². The number of rotatable bonds is 5. The molecule has 0 spiro atoms. The van der Waals surface area contributed by atoms with E-state index in [1.807, 2.05) is 73.1 Å². The zero-order chi connectivity index (χ0) is 16.2. The van der Waals surface area contributed by atoms with Gasteiger partial charge in [0, 0.05) is 19.8 Å². The van der Waals surface area contributed by atoms with Crippen LogP contribution in [0.15, 0.2) is 59.9 Å². The summed E-state index contributed by atoms with van der Waals surface area (Å²) in [7, 11) is 1.83. The molecule has 2 aromatic heterocycles. The summed E-state index contributed by atoms with van der Waals surface area (Å²) in [6.45, 7) is 2.50. The van der Waals surface area contributed by atoms with Crippen LogP contribution in [0.4, 0.5) is 0 Å². The third-order valence-electron chi connectivity index (χ3n) is 3.55. The molecule has 0 aliphatic rings. The number of amides is 1. The molecule has 0 saturated carbocycles. The van der Waals surface area contributed by atoms with E-state index < -0.39 is 0 Å². The molecule has 3 aromatic rings. The summed E-state index contributed by atoms with van der Waals surface area (Å²) in [5.74, 6) is 0.0755. The van der Waals surface area contributed by atoms with Gasteiger partial charge >= 0.3 is 0 Å². The van der Waals surface area contributed by atoms with Gasteiger partial charge < -0.3 is 4.90 Å². The zero-order valence-electron chi connectivity index (χ0n) is 13.1. The van der Waals surface area contributed by atoms with Crippen molar-refractivity contribution in [2.45, 2.75) is 23.9 Å². The van der Waals surface area contributed by atoms with Crippen LogP contribution >= 0.6 is 11.8 Å². The van der Waals surface area contributed by atoms with Crippen molar-refractivity contribution in [3.05, 3.63) is 60.3 Å².